The highest BCUT2D eigenvalue weighted by molar-refractivity contribution is 4.69. The summed E-state index contributed by atoms with van der Waals surface area (Å²) in [4.78, 5) is 4.52. The first kappa shape index (κ1) is 12.0. The van der Waals surface area contributed by atoms with E-state index in [4.69, 9.17) is 0 Å². The van der Waals surface area contributed by atoms with Gasteiger partial charge in [0.25, 0.3) is 0 Å². The Hall–Kier alpha value is -0.120. The lowest BCUT2D eigenvalue weighted by molar-refractivity contribution is 0.0889. The third-order valence-electron chi connectivity index (χ3n) is 2.83. The summed E-state index contributed by atoms with van der Waals surface area (Å²) in [5.74, 6) is 0. The summed E-state index contributed by atoms with van der Waals surface area (Å²) in [5, 5.41) is 9.78. The molecule has 0 bridgehead atoms. The fraction of sp³-hybridized carbons (Fsp3) is 1.00. The number of rotatable bonds is 5. The number of likely N-dealkylation sites (tertiary alicyclic amines) is 1. The third kappa shape index (κ3) is 4.94. The quantitative estimate of drug-likeness (QED) is 0.710. The summed E-state index contributed by atoms with van der Waals surface area (Å²) >= 11 is 0. The van der Waals surface area contributed by atoms with Gasteiger partial charge < -0.3 is 14.9 Å². The first-order chi connectivity index (χ1) is 6.68. The SMILES string of the molecule is CN(C)CCC(O)CN1CCCCC1. The van der Waals surface area contributed by atoms with Crippen molar-refractivity contribution in [3.8, 4) is 0 Å². The number of hydrogen-bond acceptors (Lipinski definition) is 3. The van der Waals surface area contributed by atoms with Crippen LogP contribution in [0.15, 0.2) is 0 Å². The molecule has 3 nitrogen and oxygen atoms in total. The van der Waals surface area contributed by atoms with Crippen LogP contribution in [0.5, 0.6) is 0 Å². The monoisotopic (exact) mass is 200 g/mol. The molecule has 1 atom stereocenters. The molecule has 1 aliphatic heterocycles. The van der Waals surface area contributed by atoms with Gasteiger partial charge in [-0.1, -0.05) is 6.42 Å². The molecule has 1 N–H and O–H groups in total. The summed E-state index contributed by atoms with van der Waals surface area (Å²) in [7, 11) is 4.10. The van der Waals surface area contributed by atoms with E-state index in [0.717, 1.165) is 19.5 Å². The average molecular weight is 200 g/mol. The van der Waals surface area contributed by atoms with E-state index < -0.39 is 0 Å². The Labute approximate surface area is 87.7 Å². The number of aliphatic hydroxyl groups is 1. The van der Waals surface area contributed by atoms with Crippen LogP contribution in [0.3, 0.4) is 0 Å². The maximum absolute atomic E-state index is 9.78. The first-order valence-corrected chi connectivity index (χ1v) is 5.73. The summed E-state index contributed by atoms with van der Waals surface area (Å²) in [5.41, 5.74) is 0. The van der Waals surface area contributed by atoms with Gasteiger partial charge in [0, 0.05) is 13.1 Å². The molecule has 0 radical (unpaired) electrons. The summed E-state index contributed by atoms with van der Waals surface area (Å²) in [6, 6.07) is 0. The van der Waals surface area contributed by atoms with Crippen LogP contribution in [0.4, 0.5) is 0 Å². The fourth-order valence-electron chi connectivity index (χ4n) is 1.94. The molecule has 1 fully saturated rings. The first-order valence-electron chi connectivity index (χ1n) is 5.73. The van der Waals surface area contributed by atoms with Gasteiger partial charge in [-0.15, -0.1) is 0 Å². The molecule has 1 aliphatic rings. The molecule has 14 heavy (non-hydrogen) atoms. The Balaban J connectivity index is 2.09. The van der Waals surface area contributed by atoms with E-state index in [1.165, 1.54) is 32.4 Å². The van der Waals surface area contributed by atoms with Crippen LogP contribution in [0.1, 0.15) is 25.7 Å². The Morgan fingerprint density at radius 3 is 2.43 bits per heavy atom. The molecule has 3 heteroatoms. The molecule has 0 spiro atoms. The lowest BCUT2D eigenvalue weighted by Crippen LogP contribution is -2.37. The van der Waals surface area contributed by atoms with Crippen molar-refractivity contribution in [3.05, 3.63) is 0 Å². The van der Waals surface area contributed by atoms with Gasteiger partial charge in [-0.25, -0.2) is 0 Å². The van der Waals surface area contributed by atoms with Gasteiger partial charge in [0.15, 0.2) is 0 Å². The zero-order valence-electron chi connectivity index (χ0n) is 9.58. The number of β-amino-alcohol motifs (C(OH)–C–C–N with tert-alkyl or cyclic N) is 1. The molecule has 1 rings (SSSR count). The Bertz CT molecular complexity index is 144. The van der Waals surface area contributed by atoms with E-state index >= 15 is 0 Å². The van der Waals surface area contributed by atoms with Gasteiger partial charge >= 0.3 is 0 Å². The van der Waals surface area contributed by atoms with Crippen LogP contribution in [0.25, 0.3) is 0 Å². The minimum atomic E-state index is -0.143. The van der Waals surface area contributed by atoms with Gasteiger partial charge in [-0.2, -0.15) is 0 Å². The zero-order valence-corrected chi connectivity index (χ0v) is 9.58. The highest BCUT2D eigenvalue weighted by Gasteiger charge is 2.14. The molecular formula is C11H24N2O. The van der Waals surface area contributed by atoms with E-state index in [1.54, 1.807) is 0 Å². The van der Waals surface area contributed by atoms with E-state index in [-0.39, 0.29) is 6.10 Å². The molecule has 0 aliphatic carbocycles. The molecule has 0 aromatic carbocycles. The predicted octanol–water partition coefficient (Wildman–Crippen LogP) is 0.785. The largest absolute Gasteiger partial charge is 0.392 e. The van der Waals surface area contributed by atoms with Crippen molar-refractivity contribution in [3.63, 3.8) is 0 Å². The Morgan fingerprint density at radius 2 is 1.86 bits per heavy atom. The zero-order chi connectivity index (χ0) is 10.4. The Kier molecular flexibility index (Phi) is 5.45. The van der Waals surface area contributed by atoms with E-state index in [1.807, 2.05) is 14.1 Å². The van der Waals surface area contributed by atoms with Crippen LogP contribution >= 0.6 is 0 Å². The standard InChI is InChI=1S/C11H24N2O/c1-12(2)9-6-11(14)10-13-7-4-3-5-8-13/h11,14H,3-10H2,1-2H3. The van der Waals surface area contributed by atoms with Gasteiger partial charge in [-0.3, -0.25) is 0 Å². The van der Waals surface area contributed by atoms with Crippen LogP contribution in [-0.2, 0) is 0 Å². The molecule has 84 valence electrons. The number of aliphatic hydroxyl groups excluding tert-OH is 1. The maximum atomic E-state index is 9.78. The van der Waals surface area contributed by atoms with Crippen molar-refractivity contribution in [1.29, 1.82) is 0 Å². The third-order valence-corrected chi connectivity index (χ3v) is 2.83. The van der Waals surface area contributed by atoms with E-state index in [2.05, 4.69) is 9.80 Å². The van der Waals surface area contributed by atoms with Crippen LogP contribution in [0, 0.1) is 0 Å². The van der Waals surface area contributed by atoms with Crippen molar-refractivity contribution in [2.45, 2.75) is 31.8 Å². The molecule has 1 saturated heterocycles. The fourth-order valence-corrected chi connectivity index (χ4v) is 1.94. The molecule has 0 aromatic rings. The lowest BCUT2D eigenvalue weighted by atomic mass is 10.1. The molecule has 1 unspecified atom stereocenters. The van der Waals surface area contributed by atoms with Crippen molar-refractivity contribution < 1.29 is 5.11 Å². The van der Waals surface area contributed by atoms with Crippen molar-refractivity contribution in [2.75, 3.05) is 40.3 Å². The summed E-state index contributed by atoms with van der Waals surface area (Å²) in [6.45, 7) is 4.21. The number of nitrogens with zero attached hydrogens (tertiary/aromatic N) is 2. The second-order valence-corrected chi connectivity index (χ2v) is 4.61. The normalized spacial score (nSPS) is 21.4. The minimum Gasteiger partial charge on any atom is -0.392 e. The molecule has 0 saturated carbocycles. The molecule has 1 heterocycles. The van der Waals surface area contributed by atoms with Crippen LogP contribution < -0.4 is 0 Å². The van der Waals surface area contributed by atoms with Gasteiger partial charge in [0.2, 0.25) is 0 Å². The molecule has 0 amide bonds. The highest BCUT2D eigenvalue weighted by Crippen LogP contribution is 2.09. The topological polar surface area (TPSA) is 26.7 Å². The predicted molar refractivity (Wildman–Crippen MR) is 59.5 cm³/mol. The smallest absolute Gasteiger partial charge is 0.0679 e. The van der Waals surface area contributed by atoms with Crippen molar-refractivity contribution >= 4 is 0 Å². The van der Waals surface area contributed by atoms with E-state index in [9.17, 15) is 5.11 Å². The van der Waals surface area contributed by atoms with Crippen LogP contribution in [0.2, 0.25) is 0 Å². The second-order valence-electron chi connectivity index (χ2n) is 4.61. The van der Waals surface area contributed by atoms with Crippen molar-refractivity contribution in [1.82, 2.24) is 9.80 Å². The average Bonchev–Trinajstić information content (AvgIpc) is 2.16. The number of piperidine rings is 1. The Morgan fingerprint density at radius 1 is 1.21 bits per heavy atom. The lowest BCUT2D eigenvalue weighted by Gasteiger charge is -2.28. The van der Waals surface area contributed by atoms with Gasteiger partial charge in [-0.05, 0) is 46.4 Å². The molecular weight excluding hydrogens is 176 g/mol. The highest BCUT2D eigenvalue weighted by atomic mass is 16.3. The van der Waals surface area contributed by atoms with Crippen molar-refractivity contribution in [2.24, 2.45) is 0 Å². The number of hydrogen-bond donors (Lipinski definition) is 1. The maximum Gasteiger partial charge on any atom is 0.0679 e. The minimum absolute atomic E-state index is 0.143. The second kappa shape index (κ2) is 6.38. The van der Waals surface area contributed by atoms with E-state index in [0.29, 0.717) is 0 Å². The summed E-state index contributed by atoms with van der Waals surface area (Å²) < 4.78 is 0. The van der Waals surface area contributed by atoms with Gasteiger partial charge in [0.05, 0.1) is 6.10 Å². The molecule has 0 aromatic heterocycles. The van der Waals surface area contributed by atoms with Crippen LogP contribution in [-0.4, -0.2) is 61.3 Å². The summed E-state index contributed by atoms with van der Waals surface area (Å²) in [6.07, 6.45) is 4.73. The van der Waals surface area contributed by atoms with Gasteiger partial charge in [0.1, 0.15) is 0 Å².